The standard InChI is InChI=1S/C53H98O15P2/c1-3-5-7-9-11-13-15-17-19-21-23-25-27-29-31-33-35-37-39-41-52(57)63-43-49(54)45-65-69(59,60)67-47-51(56)48-68-70(61,62)66-46-50(55)44-64-53(58)42-40-38-36-34-32-30-28-26-24-22-20-18-16-14-12-10-8-6-4-2/h11-14,17-20,49-51,54-56H,3-10,15-16,21-48H2,1-2H3,(H,59,60)(H,61,62)/b13-11-,14-12-,19-17-,20-18-. The van der Waals surface area contributed by atoms with E-state index in [1.807, 2.05) is 0 Å². The maximum absolute atomic E-state index is 12.2. The first-order chi connectivity index (χ1) is 33.8. The molecule has 0 rings (SSSR count). The lowest BCUT2D eigenvalue weighted by molar-refractivity contribution is -0.148. The average Bonchev–Trinajstić information content (AvgIpc) is 3.34. The van der Waals surface area contributed by atoms with E-state index < -0.39 is 85.5 Å². The molecule has 0 aliphatic carbocycles. The molecule has 410 valence electrons. The van der Waals surface area contributed by atoms with Crippen molar-refractivity contribution in [1.29, 1.82) is 0 Å². The summed E-state index contributed by atoms with van der Waals surface area (Å²) in [6.07, 6.45) is 48.0. The summed E-state index contributed by atoms with van der Waals surface area (Å²) in [6.45, 7) is 0.392. The van der Waals surface area contributed by atoms with E-state index in [1.54, 1.807) is 0 Å². The number of ether oxygens (including phenoxy) is 2. The number of aliphatic hydroxyl groups excluding tert-OH is 3. The highest BCUT2D eigenvalue weighted by molar-refractivity contribution is 7.47. The number of aliphatic hydroxyl groups is 3. The van der Waals surface area contributed by atoms with Crippen LogP contribution in [0, 0.1) is 0 Å². The smallest absolute Gasteiger partial charge is 0.463 e. The van der Waals surface area contributed by atoms with Gasteiger partial charge in [-0.15, -0.1) is 0 Å². The summed E-state index contributed by atoms with van der Waals surface area (Å²) in [4.78, 5) is 43.9. The Bertz CT molecular complexity index is 1330. The number of unbranched alkanes of at least 4 members (excludes halogenated alkanes) is 24. The molecule has 0 aliphatic rings. The molecule has 0 amide bonds. The van der Waals surface area contributed by atoms with Crippen LogP contribution in [0.4, 0.5) is 0 Å². The summed E-state index contributed by atoms with van der Waals surface area (Å²) in [5.74, 6) is -1.000. The molecule has 4 unspecified atom stereocenters. The molecule has 70 heavy (non-hydrogen) atoms. The van der Waals surface area contributed by atoms with Crippen molar-refractivity contribution in [2.24, 2.45) is 0 Å². The molecule has 0 heterocycles. The molecule has 0 aromatic carbocycles. The number of hydrogen-bond acceptors (Lipinski definition) is 13. The third-order valence-corrected chi connectivity index (χ3v) is 13.2. The molecule has 4 atom stereocenters. The molecule has 0 aromatic heterocycles. The molecule has 0 spiro atoms. The number of allylic oxidation sites excluding steroid dienone is 8. The second-order valence-corrected chi connectivity index (χ2v) is 21.1. The van der Waals surface area contributed by atoms with E-state index in [2.05, 4.69) is 71.5 Å². The number of carbonyl (C=O) groups is 2. The van der Waals surface area contributed by atoms with E-state index in [0.29, 0.717) is 12.8 Å². The van der Waals surface area contributed by atoms with Crippen LogP contribution in [0.3, 0.4) is 0 Å². The van der Waals surface area contributed by atoms with Crippen LogP contribution in [0.1, 0.15) is 219 Å². The zero-order valence-electron chi connectivity index (χ0n) is 43.4. The fourth-order valence-corrected chi connectivity index (χ4v) is 8.63. The van der Waals surface area contributed by atoms with Crippen LogP contribution in [-0.4, -0.2) is 95.0 Å². The number of rotatable bonds is 52. The predicted octanol–water partition coefficient (Wildman–Crippen LogP) is 13.2. The molecular formula is C53H98O15P2. The molecule has 0 bridgehead atoms. The van der Waals surface area contributed by atoms with Gasteiger partial charge in [-0.1, -0.05) is 178 Å². The number of phosphoric acid groups is 2. The van der Waals surface area contributed by atoms with Crippen molar-refractivity contribution in [2.45, 2.75) is 238 Å². The average molecular weight is 1040 g/mol. The van der Waals surface area contributed by atoms with Crippen molar-refractivity contribution in [2.75, 3.05) is 39.6 Å². The molecule has 5 N–H and O–H groups in total. The number of esters is 2. The summed E-state index contributed by atoms with van der Waals surface area (Å²) >= 11 is 0. The van der Waals surface area contributed by atoms with Gasteiger partial charge in [-0.2, -0.15) is 0 Å². The highest BCUT2D eigenvalue weighted by atomic mass is 31.2. The minimum atomic E-state index is -4.79. The zero-order chi connectivity index (χ0) is 51.7. The first-order valence-corrected chi connectivity index (χ1v) is 30.0. The van der Waals surface area contributed by atoms with Gasteiger partial charge in [0.05, 0.1) is 26.4 Å². The van der Waals surface area contributed by atoms with Gasteiger partial charge in [0.1, 0.15) is 31.5 Å². The fraction of sp³-hybridized carbons (Fsp3) is 0.811. The Hall–Kier alpha value is -2.00. The number of hydrogen-bond donors (Lipinski definition) is 5. The molecule has 0 radical (unpaired) electrons. The van der Waals surface area contributed by atoms with Gasteiger partial charge in [-0.25, -0.2) is 9.13 Å². The van der Waals surface area contributed by atoms with Crippen molar-refractivity contribution < 1.29 is 71.4 Å². The van der Waals surface area contributed by atoms with Gasteiger partial charge in [-0.05, 0) is 77.0 Å². The summed E-state index contributed by atoms with van der Waals surface area (Å²) in [5, 5.41) is 30.1. The summed E-state index contributed by atoms with van der Waals surface area (Å²) < 4.78 is 53.1. The normalized spacial score (nSPS) is 15.2. The van der Waals surface area contributed by atoms with Gasteiger partial charge in [0.2, 0.25) is 0 Å². The molecule has 0 saturated heterocycles. The van der Waals surface area contributed by atoms with E-state index in [4.69, 9.17) is 18.5 Å². The predicted molar refractivity (Wildman–Crippen MR) is 279 cm³/mol. The SMILES string of the molecule is CCCCC/C=C\C/C=C\CCCCCCCCCCCC(=O)OCC(O)COP(=O)(O)OCC(O)COP(=O)(O)OCC(O)COC(=O)CCCCCCCCCCC/C=C\C/C=C\CCCCC. The van der Waals surface area contributed by atoms with Gasteiger partial charge in [0, 0.05) is 12.8 Å². The first kappa shape index (κ1) is 68.0. The van der Waals surface area contributed by atoms with Crippen molar-refractivity contribution in [3.05, 3.63) is 48.6 Å². The van der Waals surface area contributed by atoms with Crippen LogP contribution < -0.4 is 0 Å². The number of carbonyl (C=O) groups excluding carboxylic acids is 2. The zero-order valence-corrected chi connectivity index (χ0v) is 45.2. The molecule has 0 aliphatic heterocycles. The second-order valence-electron chi connectivity index (χ2n) is 18.2. The maximum Gasteiger partial charge on any atom is 0.472 e. The minimum Gasteiger partial charge on any atom is -0.463 e. The van der Waals surface area contributed by atoms with Gasteiger partial charge >= 0.3 is 27.6 Å². The van der Waals surface area contributed by atoms with Crippen LogP contribution in [0.15, 0.2) is 48.6 Å². The second kappa shape index (κ2) is 49.2. The van der Waals surface area contributed by atoms with E-state index >= 15 is 0 Å². The Kier molecular flexibility index (Phi) is 47.8. The Balaban J connectivity index is 3.84. The Labute approximate surface area is 423 Å². The largest absolute Gasteiger partial charge is 0.472 e. The highest BCUT2D eigenvalue weighted by Gasteiger charge is 2.28. The highest BCUT2D eigenvalue weighted by Crippen LogP contribution is 2.45. The third kappa shape index (κ3) is 50.9. The molecule has 0 saturated carbocycles. The Morgan fingerprint density at radius 2 is 0.614 bits per heavy atom. The van der Waals surface area contributed by atoms with Gasteiger partial charge in [0.15, 0.2) is 0 Å². The van der Waals surface area contributed by atoms with Crippen molar-refractivity contribution in [3.63, 3.8) is 0 Å². The van der Waals surface area contributed by atoms with Crippen LogP contribution in [0.25, 0.3) is 0 Å². The molecular weight excluding hydrogens is 939 g/mol. The quantitative estimate of drug-likeness (QED) is 0.0165. The fourth-order valence-electron chi connectivity index (χ4n) is 7.04. The minimum absolute atomic E-state index is 0.192. The summed E-state index contributed by atoms with van der Waals surface area (Å²) in [7, 11) is -9.58. The molecule has 15 nitrogen and oxygen atoms in total. The van der Waals surface area contributed by atoms with Crippen molar-refractivity contribution in [3.8, 4) is 0 Å². The van der Waals surface area contributed by atoms with Gasteiger partial charge < -0.3 is 34.6 Å². The topological polar surface area (TPSA) is 225 Å². The lowest BCUT2D eigenvalue weighted by Gasteiger charge is -2.19. The van der Waals surface area contributed by atoms with Crippen LogP contribution in [0.2, 0.25) is 0 Å². The maximum atomic E-state index is 12.2. The van der Waals surface area contributed by atoms with E-state index in [0.717, 1.165) is 64.2 Å². The Morgan fingerprint density at radius 1 is 0.371 bits per heavy atom. The van der Waals surface area contributed by atoms with Crippen LogP contribution in [-0.2, 0) is 46.3 Å². The summed E-state index contributed by atoms with van der Waals surface area (Å²) in [5.41, 5.74) is 0. The monoisotopic (exact) mass is 1040 g/mol. The lowest BCUT2D eigenvalue weighted by atomic mass is 10.1. The van der Waals surface area contributed by atoms with E-state index in [9.17, 15) is 43.8 Å². The molecule has 0 aromatic rings. The lowest BCUT2D eigenvalue weighted by Crippen LogP contribution is -2.25. The van der Waals surface area contributed by atoms with Gasteiger partial charge in [-0.3, -0.25) is 27.7 Å². The van der Waals surface area contributed by atoms with E-state index in [-0.39, 0.29) is 12.8 Å². The van der Waals surface area contributed by atoms with E-state index in [1.165, 1.54) is 116 Å². The van der Waals surface area contributed by atoms with Crippen molar-refractivity contribution in [1.82, 2.24) is 0 Å². The van der Waals surface area contributed by atoms with Crippen LogP contribution in [0.5, 0.6) is 0 Å². The molecule has 0 fully saturated rings. The first-order valence-electron chi connectivity index (χ1n) is 27.0. The third-order valence-electron chi connectivity index (χ3n) is 11.3. The number of phosphoric ester groups is 2. The van der Waals surface area contributed by atoms with Gasteiger partial charge in [0.25, 0.3) is 0 Å². The summed E-state index contributed by atoms with van der Waals surface area (Å²) in [6, 6.07) is 0. The Morgan fingerprint density at radius 3 is 0.900 bits per heavy atom. The molecule has 17 heteroatoms. The van der Waals surface area contributed by atoms with Crippen molar-refractivity contribution >= 4 is 27.6 Å². The van der Waals surface area contributed by atoms with Crippen LogP contribution >= 0.6 is 15.6 Å².